The molecule has 2 aromatic carbocycles. The van der Waals surface area contributed by atoms with Crippen LogP contribution < -0.4 is 10.9 Å². The Kier molecular flexibility index (Phi) is 4.73. The third-order valence-corrected chi connectivity index (χ3v) is 4.89. The average molecular weight is 363 g/mol. The Balaban J connectivity index is 1.59. The summed E-state index contributed by atoms with van der Waals surface area (Å²) in [6.07, 6.45) is 2.16. The number of aryl methyl sites for hydroxylation is 1. The Bertz CT molecular complexity index is 1030. The third-order valence-electron chi connectivity index (χ3n) is 4.89. The van der Waals surface area contributed by atoms with Gasteiger partial charge in [-0.1, -0.05) is 30.3 Å². The van der Waals surface area contributed by atoms with Crippen LogP contribution >= 0.6 is 0 Å². The van der Waals surface area contributed by atoms with E-state index in [1.54, 1.807) is 25.2 Å². The predicted molar refractivity (Wildman–Crippen MR) is 104 cm³/mol. The molecule has 1 amide bonds. The SMILES string of the molecule is Cn1nc(-c2ccc(C(=O)NC[C@@H]3CCCO3)cc2)c2ccccc2c1=O. The van der Waals surface area contributed by atoms with Gasteiger partial charge < -0.3 is 10.1 Å². The van der Waals surface area contributed by atoms with Crippen LogP contribution in [0.1, 0.15) is 23.2 Å². The third kappa shape index (κ3) is 3.48. The van der Waals surface area contributed by atoms with Gasteiger partial charge in [0.05, 0.1) is 17.2 Å². The maximum absolute atomic E-state index is 12.3. The second kappa shape index (κ2) is 7.32. The molecule has 6 nitrogen and oxygen atoms in total. The van der Waals surface area contributed by atoms with Crippen LogP contribution in [0.2, 0.25) is 0 Å². The lowest BCUT2D eigenvalue weighted by Gasteiger charge is -2.11. The number of carbonyl (C=O) groups excluding carboxylic acids is 1. The summed E-state index contributed by atoms with van der Waals surface area (Å²) < 4.78 is 6.87. The van der Waals surface area contributed by atoms with Crippen LogP contribution in [-0.2, 0) is 11.8 Å². The second-order valence-electron chi connectivity index (χ2n) is 6.75. The molecule has 1 saturated heterocycles. The van der Waals surface area contributed by atoms with E-state index in [9.17, 15) is 9.59 Å². The molecule has 27 heavy (non-hydrogen) atoms. The van der Waals surface area contributed by atoms with Gasteiger partial charge in [0.1, 0.15) is 0 Å². The minimum atomic E-state index is -0.125. The lowest BCUT2D eigenvalue weighted by Crippen LogP contribution is -2.31. The number of aromatic nitrogens is 2. The first-order chi connectivity index (χ1) is 13.1. The first kappa shape index (κ1) is 17.4. The Morgan fingerprint density at radius 3 is 2.63 bits per heavy atom. The average Bonchev–Trinajstić information content (AvgIpc) is 3.23. The maximum Gasteiger partial charge on any atom is 0.274 e. The van der Waals surface area contributed by atoms with Crippen molar-refractivity contribution in [3.63, 3.8) is 0 Å². The van der Waals surface area contributed by atoms with Gasteiger partial charge >= 0.3 is 0 Å². The van der Waals surface area contributed by atoms with Gasteiger partial charge in [0.2, 0.25) is 0 Å². The Labute approximate surface area is 156 Å². The van der Waals surface area contributed by atoms with E-state index in [0.29, 0.717) is 17.5 Å². The van der Waals surface area contributed by atoms with Gasteiger partial charge in [-0.15, -0.1) is 0 Å². The monoisotopic (exact) mass is 363 g/mol. The first-order valence-electron chi connectivity index (χ1n) is 9.10. The van der Waals surface area contributed by atoms with Crippen molar-refractivity contribution in [1.29, 1.82) is 0 Å². The number of carbonyl (C=O) groups is 1. The molecule has 1 aliphatic heterocycles. The molecule has 1 aliphatic rings. The van der Waals surface area contributed by atoms with Gasteiger partial charge in [0.25, 0.3) is 11.5 Å². The molecule has 0 aliphatic carbocycles. The molecule has 2 heterocycles. The lowest BCUT2D eigenvalue weighted by molar-refractivity contribution is 0.0858. The number of benzene rings is 2. The van der Waals surface area contributed by atoms with E-state index in [0.717, 1.165) is 36.1 Å². The van der Waals surface area contributed by atoms with E-state index in [4.69, 9.17) is 4.74 Å². The number of ether oxygens (including phenoxy) is 1. The zero-order chi connectivity index (χ0) is 18.8. The van der Waals surface area contributed by atoms with Crippen LogP contribution in [0.25, 0.3) is 22.0 Å². The lowest BCUT2D eigenvalue weighted by atomic mass is 10.0. The highest BCUT2D eigenvalue weighted by Crippen LogP contribution is 2.24. The highest BCUT2D eigenvalue weighted by Gasteiger charge is 2.17. The topological polar surface area (TPSA) is 73.2 Å². The highest BCUT2D eigenvalue weighted by atomic mass is 16.5. The van der Waals surface area contributed by atoms with Crippen molar-refractivity contribution in [3.8, 4) is 11.3 Å². The highest BCUT2D eigenvalue weighted by molar-refractivity contribution is 5.96. The van der Waals surface area contributed by atoms with Crippen LogP contribution in [0.3, 0.4) is 0 Å². The van der Waals surface area contributed by atoms with Gasteiger partial charge in [-0.2, -0.15) is 5.10 Å². The molecule has 0 saturated carbocycles. The summed E-state index contributed by atoms with van der Waals surface area (Å²) in [7, 11) is 1.64. The standard InChI is InChI=1S/C21H21N3O3/c1-24-21(26)18-7-3-2-6-17(18)19(23-24)14-8-10-15(11-9-14)20(25)22-13-16-5-4-12-27-16/h2-3,6-11,16H,4-5,12-13H2,1H3,(H,22,25)/t16-/m0/s1. The van der Waals surface area contributed by atoms with Crippen LogP contribution in [0.5, 0.6) is 0 Å². The summed E-state index contributed by atoms with van der Waals surface area (Å²) in [6, 6.07) is 14.7. The number of hydrogen-bond donors (Lipinski definition) is 1. The van der Waals surface area contributed by atoms with Crippen LogP contribution in [0, 0.1) is 0 Å². The van der Waals surface area contributed by atoms with E-state index in [1.165, 1.54) is 4.68 Å². The molecule has 1 atom stereocenters. The molecule has 1 N–H and O–H groups in total. The van der Waals surface area contributed by atoms with Crippen molar-refractivity contribution in [3.05, 3.63) is 64.4 Å². The van der Waals surface area contributed by atoms with E-state index in [2.05, 4.69) is 10.4 Å². The predicted octanol–water partition coefficient (Wildman–Crippen LogP) is 2.51. The quantitative estimate of drug-likeness (QED) is 0.773. The van der Waals surface area contributed by atoms with Crippen LogP contribution in [0.4, 0.5) is 0 Å². The van der Waals surface area contributed by atoms with Gasteiger partial charge in [0, 0.05) is 36.7 Å². The molecule has 0 radical (unpaired) electrons. The number of amides is 1. The molecular formula is C21H21N3O3. The zero-order valence-corrected chi connectivity index (χ0v) is 15.1. The largest absolute Gasteiger partial charge is 0.376 e. The molecule has 4 rings (SSSR count). The fraction of sp³-hybridized carbons (Fsp3) is 0.286. The summed E-state index contributed by atoms with van der Waals surface area (Å²) in [6.45, 7) is 1.31. The molecule has 6 heteroatoms. The zero-order valence-electron chi connectivity index (χ0n) is 15.1. The van der Waals surface area contributed by atoms with E-state index in [1.807, 2.05) is 30.3 Å². The normalized spacial score (nSPS) is 16.6. The molecule has 0 unspecified atom stereocenters. The van der Waals surface area contributed by atoms with Crippen molar-refractivity contribution >= 4 is 16.7 Å². The van der Waals surface area contributed by atoms with E-state index < -0.39 is 0 Å². The summed E-state index contributed by atoms with van der Waals surface area (Å²) in [5.74, 6) is -0.115. The summed E-state index contributed by atoms with van der Waals surface area (Å²) in [5, 5.41) is 8.77. The summed E-state index contributed by atoms with van der Waals surface area (Å²) >= 11 is 0. The fourth-order valence-electron chi connectivity index (χ4n) is 3.41. The first-order valence-corrected chi connectivity index (χ1v) is 9.10. The van der Waals surface area contributed by atoms with Crippen molar-refractivity contribution in [2.45, 2.75) is 18.9 Å². The van der Waals surface area contributed by atoms with Crippen molar-refractivity contribution in [2.24, 2.45) is 7.05 Å². The molecule has 0 spiro atoms. The molecule has 1 fully saturated rings. The molecule has 1 aromatic heterocycles. The number of nitrogens with one attached hydrogen (secondary N) is 1. The maximum atomic E-state index is 12.3. The van der Waals surface area contributed by atoms with Crippen molar-refractivity contribution < 1.29 is 9.53 Å². The molecule has 138 valence electrons. The second-order valence-corrected chi connectivity index (χ2v) is 6.75. The molecular weight excluding hydrogens is 342 g/mol. The van der Waals surface area contributed by atoms with Gasteiger partial charge in [-0.05, 0) is 31.0 Å². The summed E-state index contributed by atoms with van der Waals surface area (Å²) in [4.78, 5) is 24.6. The van der Waals surface area contributed by atoms with Gasteiger partial charge in [-0.3, -0.25) is 9.59 Å². The fourth-order valence-corrected chi connectivity index (χ4v) is 3.41. The smallest absolute Gasteiger partial charge is 0.274 e. The molecule has 3 aromatic rings. The van der Waals surface area contributed by atoms with E-state index in [-0.39, 0.29) is 17.6 Å². The van der Waals surface area contributed by atoms with E-state index >= 15 is 0 Å². The van der Waals surface area contributed by atoms with Crippen LogP contribution in [0.15, 0.2) is 53.3 Å². The van der Waals surface area contributed by atoms with Crippen molar-refractivity contribution in [1.82, 2.24) is 15.1 Å². The minimum absolute atomic E-state index is 0.115. The Morgan fingerprint density at radius 2 is 1.93 bits per heavy atom. The van der Waals surface area contributed by atoms with Crippen LogP contribution in [-0.4, -0.2) is 34.9 Å². The minimum Gasteiger partial charge on any atom is -0.376 e. The van der Waals surface area contributed by atoms with Gasteiger partial charge in [-0.25, -0.2) is 4.68 Å². The number of rotatable bonds is 4. The molecule has 0 bridgehead atoms. The summed E-state index contributed by atoms with van der Waals surface area (Å²) in [5.41, 5.74) is 2.04. The number of nitrogens with zero attached hydrogens (tertiary/aromatic N) is 2. The Morgan fingerprint density at radius 1 is 1.19 bits per heavy atom. The van der Waals surface area contributed by atoms with Crippen molar-refractivity contribution in [2.75, 3.05) is 13.2 Å². The number of fused-ring (bicyclic) bond motifs is 1. The number of hydrogen-bond acceptors (Lipinski definition) is 4. The Hall–Kier alpha value is -2.99. The van der Waals surface area contributed by atoms with Gasteiger partial charge in [0.15, 0.2) is 0 Å².